The second-order valence-electron chi connectivity index (χ2n) is 4.93. The van der Waals surface area contributed by atoms with Gasteiger partial charge in [-0.3, -0.25) is 4.79 Å². The summed E-state index contributed by atoms with van der Waals surface area (Å²) in [6, 6.07) is 7.96. The predicted octanol–water partition coefficient (Wildman–Crippen LogP) is 1.39. The molecule has 0 saturated heterocycles. The Hall–Kier alpha value is -1.35. The first kappa shape index (κ1) is 12.7. The van der Waals surface area contributed by atoms with E-state index in [-0.39, 0.29) is 11.4 Å². The van der Waals surface area contributed by atoms with Gasteiger partial charge < -0.3 is 11.1 Å². The number of amides is 1. The van der Waals surface area contributed by atoms with E-state index >= 15 is 0 Å². The second-order valence-corrected chi connectivity index (χ2v) is 4.93. The van der Waals surface area contributed by atoms with Gasteiger partial charge in [0.1, 0.15) is 0 Å². The van der Waals surface area contributed by atoms with Crippen molar-refractivity contribution in [1.29, 1.82) is 0 Å². The van der Waals surface area contributed by atoms with Gasteiger partial charge in [0.05, 0.1) is 6.42 Å². The van der Waals surface area contributed by atoms with Crippen LogP contribution in [0.3, 0.4) is 0 Å². The van der Waals surface area contributed by atoms with Crippen LogP contribution in [0.25, 0.3) is 0 Å². The van der Waals surface area contributed by atoms with Gasteiger partial charge in [0.2, 0.25) is 5.91 Å². The Morgan fingerprint density at radius 3 is 2.69 bits per heavy atom. The molecule has 0 heterocycles. The molecular formula is C13H20N2O. The lowest BCUT2D eigenvalue weighted by Crippen LogP contribution is -2.45. The highest BCUT2D eigenvalue weighted by Gasteiger charge is 2.12. The van der Waals surface area contributed by atoms with Gasteiger partial charge in [-0.05, 0) is 26.3 Å². The Morgan fingerprint density at radius 2 is 2.12 bits per heavy atom. The van der Waals surface area contributed by atoms with Crippen LogP contribution in [-0.2, 0) is 11.2 Å². The number of nitrogens with one attached hydrogen (secondary N) is 1. The van der Waals surface area contributed by atoms with E-state index in [1.807, 2.05) is 45.0 Å². The van der Waals surface area contributed by atoms with Crippen LogP contribution in [0.5, 0.6) is 0 Å². The van der Waals surface area contributed by atoms with Crippen molar-refractivity contribution in [3.8, 4) is 0 Å². The van der Waals surface area contributed by atoms with Gasteiger partial charge in [-0.2, -0.15) is 0 Å². The van der Waals surface area contributed by atoms with Crippen molar-refractivity contribution < 1.29 is 4.79 Å². The van der Waals surface area contributed by atoms with Gasteiger partial charge in [0.25, 0.3) is 0 Å². The lowest BCUT2D eigenvalue weighted by Gasteiger charge is -2.18. The Kier molecular flexibility index (Phi) is 4.07. The number of carbonyl (C=O) groups is 1. The molecule has 0 fully saturated rings. The van der Waals surface area contributed by atoms with Crippen molar-refractivity contribution in [2.45, 2.75) is 32.7 Å². The molecule has 0 aromatic heterocycles. The number of carbonyl (C=O) groups excluding carboxylic acids is 1. The molecule has 16 heavy (non-hydrogen) atoms. The maximum atomic E-state index is 11.6. The van der Waals surface area contributed by atoms with Gasteiger partial charge in [0.15, 0.2) is 0 Å². The van der Waals surface area contributed by atoms with Crippen LogP contribution < -0.4 is 11.1 Å². The summed E-state index contributed by atoms with van der Waals surface area (Å²) in [5.74, 6) is 0.0177. The molecule has 3 heteroatoms. The summed E-state index contributed by atoms with van der Waals surface area (Å²) in [5.41, 5.74) is 7.63. The monoisotopic (exact) mass is 220 g/mol. The molecule has 0 atom stereocenters. The van der Waals surface area contributed by atoms with Crippen molar-refractivity contribution in [1.82, 2.24) is 5.32 Å². The summed E-state index contributed by atoms with van der Waals surface area (Å²) in [5, 5.41) is 2.83. The summed E-state index contributed by atoms with van der Waals surface area (Å²) in [6.45, 7) is 6.29. The number of nitrogens with two attached hydrogens (primary N) is 1. The largest absolute Gasteiger partial charge is 0.354 e. The maximum absolute atomic E-state index is 11.6. The van der Waals surface area contributed by atoms with E-state index in [2.05, 4.69) is 5.32 Å². The molecule has 88 valence electrons. The van der Waals surface area contributed by atoms with Gasteiger partial charge in [0, 0.05) is 12.1 Å². The van der Waals surface area contributed by atoms with Crippen LogP contribution in [0.4, 0.5) is 0 Å². The summed E-state index contributed by atoms with van der Waals surface area (Å²) in [6.07, 6.45) is 0.414. The third-order valence-electron chi connectivity index (χ3n) is 2.19. The van der Waals surface area contributed by atoms with Crippen LogP contribution in [-0.4, -0.2) is 18.0 Å². The van der Waals surface area contributed by atoms with Crippen LogP contribution in [0.2, 0.25) is 0 Å². The van der Waals surface area contributed by atoms with Crippen molar-refractivity contribution >= 4 is 5.91 Å². The maximum Gasteiger partial charge on any atom is 0.224 e. The van der Waals surface area contributed by atoms with Crippen molar-refractivity contribution in [3.63, 3.8) is 0 Å². The van der Waals surface area contributed by atoms with Gasteiger partial charge in [-0.15, -0.1) is 0 Å². The standard InChI is InChI=1S/C13H20N2O/c1-10-5-4-6-11(7-10)8-12(16)15-9-13(2,3)14/h4-7H,8-9,14H2,1-3H3,(H,15,16). The fraction of sp³-hybridized carbons (Fsp3) is 0.462. The minimum absolute atomic E-state index is 0.0177. The number of benzene rings is 1. The first-order valence-corrected chi connectivity index (χ1v) is 5.48. The molecule has 3 nitrogen and oxygen atoms in total. The SMILES string of the molecule is Cc1cccc(CC(=O)NCC(C)(C)N)c1. The van der Waals surface area contributed by atoms with Crippen LogP contribution in [0.15, 0.2) is 24.3 Å². The molecule has 0 unspecified atom stereocenters. The first-order chi connectivity index (χ1) is 7.37. The number of hydrogen-bond donors (Lipinski definition) is 2. The fourth-order valence-electron chi connectivity index (χ4n) is 1.40. The first-order valence-electron chi connectivity index (χ1n) is 5.48. The number of rotatable bonds is 4. The molecule has 0 bridgehead atoms. The number of aryl methyl sites for hydroxylation is 1. The minimum Gasteiger partial charge on any atom is -0.354 e. The van der Waals surface area contributed by atoms with E-state index in [9.17, 15) is 4.79 Å². The molecule has 0 saturated carbocycles. The van der Waals surface area contributed by atoms with Crippen LogP contribution in [0, 0.1) is 6.92 Å². The molecule has 0 aliphatic rings. The summed E-state index contributed by atoms with van der Waals surface area (Å²) in [4.78, 5) is 11.6. The van der Waals surface area contributed by atoms with Crippen molar-refractivity contribution in [3.05, 3.63) is 35.4 Å². The minimum atomic E-state index is -0.359. The van der Waals surface area contributed by atoms with Crippen molar-refractivity contribution in [2.24, 2.45) is 5.73 Å². The van der Waals surface area contributed by atoms with Crippen LogP contribution >= 0.6 is 0 Å². The molecule has 1 rings (SSSR count). The van der Waals surface area contributed by atoms with Crippen LogP contribution in [0.1, 0.15) is 25.0 Å². The molecule has 0 aliphatic heterocycles. The molecule has 0 radical (unpaired) electrons. The van der Waals surface area contributed by atoms with E-state index in [1.54, 1.807) is 0 Å². The van der Waals surface area contributed by atoms with E-state index in [0.717, 1.165) is 5.56 Å². The third-order valence-corrected chi connectivity index (χ3v) is 2.19. The normalized spacial score (nSPS) is 11.2. The Balaban J connectivity index is 2.46. The summed E-state index contributed by atoms with van der Waals surface area (Å²) < 4.78 is 0. The molecule has 0 spiro atoms. The zero-order valence-electron chi connectivity index (χ0n) is 10.2. The highest BCUT2D eigenvalue weighted by molar-refractivity contribution is 5.78. The number of hydrogen-bond acceptors (Lipinski definition) is 2. The lowest BCUT2D eigenvalue weighted by atomic mass is 10.1. The lowest BCUT2D eigenvalue weighted by molar-refractivity contribution is -0.120. The highest BCUT2D eigenvalue weighted by atomic mass is 16.1. The molecular weight excluding hydrogens is 200 g/mol. The zero-order chi connectivity index (χ0) is 12.2. The van der Waals surface area contributed by atoms with Gasteiger partial charge in [-0.1, -0.05) is 29.8 Å². The Bertz CT molecular complexity index is 366. The zero-order valence-corrected chi connectivity index (χ0v) is 10.2. The summed E-state index contributed by atoms with van der Waals surface area (Å²) in [7, 11) is 0. The molecule has 3 N–H and O–H groups in total. The average molecular weight is 220 g/mol. The second kappa shape index (κ2) is 5.12. The smallest absolute Gasteiger partial charge is 0.224 e. The molecule has 1 aromatic carbocycles. The van der Waals surface area contributed by atoms with E-state index in [1.165, 1.54) is 5.56 Å². The topological polar surface area (TPSA) is 55.1 Å². The summed E-state index contributed by atoms with van der Waals surface area (Å²) >= 11 is 0. The predicted molar refractivity (Wildman–Crippen MR) is 66.2 cm³/mol. The molecule has 1 amide bonds. The Morgan fingerprint density at radius 1 is 1.44 bits per heavy atom. The Labute approximate surface area is 97.0 Å². The van der Waals surface area contributed by atoms with Gasteiger partial charge >= 0.3 is 0 Å². The molecule has 0 aliphatic carbocycles. The fourth-order valence-corrected chi connectivity index (χ4v) is 1.40. The van der Waals surface area contributed by atoms with E-state index in [4.69, 9.17) is 5.73 Å². The average Bonchev–Trinajstić information content (AvgIpc) is 2.14. The third kappa shape index (κ3) is 4.94. The van der Waals surface area contributed by atoms with Gasteiger partial charge in [-0.25, -0.2) is 0 Å². The molecule has 1 aromatic rings. The highest BCUT2D eigenvalue weighted by Crippen LogP contribution is 2.04. The van der Waals surface area contributed by atoms with Crippen molar-refractivity contribution in [2.75, 3.05) is 6.54 Å². The van der Waals surface area contributed by atoms with E-state index < -0.39 is 0 Å². The van der Waals surface area contributed by atoms with E-state index in [0.29, 0.717) is 13.0 Å². The quantitative estimate of drug-likeness (QED) is 0.805.